The molecule has 0 aliphatic heterocycles. The predicted octanol–water partition coefficient (Wildman–Crippen LogP) is 2.36. The average Bonchev–Trinajstić information content (AvgIpc) is 3.13. The third-order valence-electron chi connectivity index (χ3n) is 3.31. The van der Waals surface area contributed by atoms with Crippen molar-refractivity contribution in [3.63, 3.8) is 0 Å². The molecule has 0 bridgehead atoms. The first kappa shape index (κ1) is 12.2. The van der Waals surface area contributed by atoms with E-state index < -0.39 is 11.6 Å². The minimum atomic E-state index is -0.665. The molecule has 1 aromatic heterocycles. The molecular weight excluding hydrogens is 252 g/mol. The summed E-state index contributed by atoms with van der Waals surface area (Å²) in [5, 5.41) is 17.1. The molecule has 2 aromatic rings. The van der Waals surface area contributed by atoms with Gasteiger partial charge in [0.2, 0.25) is 0 Å². The van der Waals surface area contributed by atoms with Crippen LogP contribution in [0.5, 0.6) is 0 Å². The molecule has 0 unspecified atom stereocenters. The van der Waals surface area contributed by atoms with E-state index in [0.717, 1.165) is 18.9 Å². The predicted molar refractivity (Wildman–Crippen MR) is 64.3 cm³/mol. The molecule has 1 heterocycles. The lowest BCUT2D eigenvalue weighted by Gasteiger charge is -2.09. The van der Waals surface area contributed by atoms with Crippen LogP contribution in [0.25, 0.3) is 11.4 Å². The van der Waals surface area contributed by atoms with E-state index in [9.17, 15) is 13.9 Å². The zero-order valence-electron chi connectivity index (χ0n) is 10.4. The maximum absolute atomic E-state index is 13.9. The Bertz CT molecular complexity index is 635. The van der Waals surface area contributed by atoms with E-state index in [0.29, 0.717) is 17.2 Å². The van der Waals surface area contributed by atoms with Crippen LogP contribution in [-0.2, 0) is 6.61 Å². The number of aliphatic hydroxyl groups excluding tert-OH is 1. The molecule has 0 amide bonds. The summed E-state index contributed by atoms with van der Waals surface area (Å²) in [6.45, 7) is 1.33. The topological polar surface area (TPSA) is 50.9 Å². The van der Waals surface area contributed by atoms with Gasteiger partial charge in [0, 0.05) is 12.1 Å². The Morgan fingerprint density at radius 1 is 1.26 bits per heavy atom. The molecule has 1 aromatic carbocycles. The average molecular weight is 265 g/mol. The van der Waals surface area contributed by atoms with Gasteiger partial charge >= 0.3 is 0 Å². The third-order valence-corrected chi connectivity index (χ3v) is 3.31. The van der Waals surface area contributed by atoms with Crippen LogP contribution in [0.3, 0.4) is 0 Å². The fourth-order valence-corrected chi connectivity index (χ4v) is 2.16. The van der Waals surface area contributed by atoms with Crippen LogP contribution in [0.1, 0.15) is 30.3 Å². The Hall–Kier alpha value is -1.82. The van der Waals surface area contributed by atoms with E-state index >= 15 is 0 Å². The Balaban J connectivity index is 2.17. The molecule has 4 nitrogen and oxygen atoms in total. The van der Waals surface area contributed by atoms with Gasteiger partial charge in [-0.3, -0.25) is 0 Å². The molecule has 1 aliphatic carbocycles. The van der Waals surface area contributed by atoms with Gasteiger partial charge in [-0.1, -0.05) is 0 Å². The van der Waals surface area contributed by atoms with Gasteiger partial charge in [-0.05, 0) is 31.4 Å². The van der Waals surface area contributed by atoms with E-state index in [4.69, 9.17) is 0 Å². The van der Waals surface area contributed by atoms with Crippen LogP contribution >= 0.6 is 0 Å². The van der Waals surface area contributed by atoms with Gasteiger partial charge in [0.1, 0.15) is 18.2 Å². The van der Waals surface area contributed by atoms with E-state index in [1.807, 2.05) is 0 Å². The quantitative estimate of drug-likeness (QED) is 0.926. The van der Waals surface area contributed by atoms with E-state index in [1.54, 1.807) is 11.5 Å². The summed E-state index contributed by atoms with van der Waals surface area (Å²) in [4.78, 5) is 0. The molecule has 19 heavy (non-hydrogen) atoms. The van der Waals surface area contributed by atoms with Crippen molar-refractivity contribution < 1.29 is 13.9 Å². The lowest BCUT2D eigenvalue weighted by molar-refractivity contribution is 0.265. The molecule has 1 fully saturated rings. The fourth-order valence-electron chi connectivity index (χ4n) is 2.16. The van der Waals surface area contributed by atoms with Gasteiger partial charge in [-0.15, -0.1) is 10.2 Å². The van der Waals surface area contributed by atoms with Crippen molar-refractivity contribution in [2.45, 2.75) is 32.4 Å². The summed E-state index contributed by atoms with van der Waals surface area (Å²) in [6.07, 6.45) is 1.92. The second-order valence-corrected chi connectivity index (χ2v) is 4.78. The van der Waals surface area contributed by atoms with Crippen molar-refractivity contribution in [3.8, 4) is 11.4 Å². The first-order valence-electron chi connectivity index (χ1n) is 6.12. The molecule has 0 atom stereocenters. The molecule has 0 saturated heterocycles. The maximum atomic E-state index is 13.9. The maximum Gasteiger partial charge on any atom is 0.167 e. The van der Waals surface area contributed by atoms with Crippen molar-refractivity contribution in [2.75, 3.05) is 0 Å². The van der Waals surface area contributed by atoms with E-state index in [-0.39, 0.29) is 18.2 Å². The largest absolute Gasteiger partial charge is 0.388 e. The van der Waals surface area contributed by atoms with Crippen LogP contribution in [0.4, 0.5) is 8.78 Å². The van der Waals surface area contributed by atoms with Crippen LogP contribution in [0.15, 0.2) is 12.1 Å². The molecule has 100 valence electrons. The summed E-state index contributed by atoms with van der Waals surface area (Å²) < 4.78 is 29.0. The fraction of sp³-hybridized carbons (Fsp3) is 0.385. The minimum absolute atomic E-state index is 0.205. The Morgan fingerprint density at radius 3 is 2.63 bits per heavy atom. The number of benzene rings is 1. The number of rotatable bonds is 3. The first-order chi connectivity index (χ1) is 9.11. The number of aliphatic hydroxyl groups is 1. The number of aryl methyl sites for hydroxylation is 1. The first-order valence-corrected chi connectivity index (χ1v) is 6.12. The number of halogens is 2. The van der Waals surface area contributed by atoms with E-state index in [2.05, 4.69) is 10.2 Å². The van der Waals surface area contributed by atoms with Gasteiger partial charge in [0.25, 0.3) is 0 Å². The van der Waals surface area contributed by atoms with Gasteiger partial charge < -0.3 is 9.67 Å². The molecule has 1 saturated carbocycles. The molecule has 1 aliphatic rings. The molecule has 3 rings (SSSR count). The highest BCUT2D eigenvalue weighted by atomic mass is 19.1. The van der Waals surface area contributed by atoms with Gasteiger partial charge in [-0.25, -0.2) is 8.78 Å². The van der Waals surface area contributed by atoms with Crippen LogP contribution < -0.4 is 0 Å². The van der Waals surface area contributed by atoms with Gasteiger partial charge in [0.15, 0.2) is 11.6 Å². The van der Waals surface area contributed by atoms with Gasteiger partial charge in [0.05, 0.1) is 5.56 Å². The van der Waals surface area contributed by atoms with Crippen LogP contribution in [0, 0.1) is 18.6 Å². The van der Waals surface area contributed by atoms with Crippen molar-refractivity contribution >= 4 is 0 Å². The summed E-state index contributed by atoms with van der Waals surface area (Å²) in [6, 6.07) is 2.49. The zero-order valence-corrected chi connectivity index (χ0v) is 10.4. The van der Waals surface area contributed by atoms with Crippen LogP contribution in [0.2, 0.25) is 0 Å². The smallest absolute Gasteiger partial charge is 0.167 e. The second kappa shape index (κ2) is 4.38. The second-order valence-electron chi connectivity index (χ2n) is 4.78. The summed E-state index contributed by atoms with van der Waals surface area (Å²) >= 11 is 0. The third kappa shape index (κ3) is 2.02. The lowest BCUT2D eigenvalue weighted by Crippen LogP contribution is -2.04. The van der Waals surface area contributed by atoms with Gasteiger partial charge in [-0.2, -0.15) is 0 Å². The van der Waals surface area contributed by atoms with Crippen molar-refractivity contribution in [2.24, 2.45) is 0 Å². The monoisotopic (exact) mass is 265 g/mol. The summed E-state index contributed by atoms with van der Waals surface area (Å²) in [5.74, 6) is -0.478. The van der Waals surface area contributed by atoms with Crippen molar-refractivity contribution in [1.29, 1.82) is 0 Å². The molecule has 0 spiro atoms. The number of hydrogen-bond donors (Lipinski definition) is 1. The molecular formula is C13H13F2N3O. The number of hydrogen-bond acceptors (Lipinski definition) is 3. The highest BCUT2D eigenvalue weighted by molar-refractivity contribution is 5.58. The Labute approximate surface area is 108 Å². The molecule has 6 heteroatoms. The highest BCUT2D eigenvalue weighted by Crippen LogP contribution is 2.39. The lowest BCUT2D eigenvalue weighted by atomic mass is 10.1. The number of nitrogens with zero attached hydrogens (tertiary/aromatic N) is 3. The summed E-state index contributed by atoms with van der Waals surface area (Å²) in [5.41, 5.74) is 0.574. The Morgan fingerprint density at radius 2 is 2.00 bits per heavy atom. The normalized spacial score (nSPS) is 14.9. The molecule has 1 N–H and O–H groups in total. The standard InChI is InChI=1S/C13H13F2N3O/c1-7-4-9(11(15)5-10(7)14)13-17-16-12(6-19)18(13)8-2-3-8/h4-5,8,19H,2-3,6H2,1H3. The SMILES string of the molecule is Cc1cc(-c2nnc(CO)n2C2CC2)c(F)cc1F. The highest BCUT2D eigenvalue weighted by Gasteiger charge is 2.30. The molecule has 0 radical (unpaired) electrons. The van der Waals surface area contributed by atoms with E-state index in [1.165, 1.54) is 6.07 Å². The Kier molecular flexibility index (Phi) is 2.82. The van der Waals surface area contributed by atoms with Crippen molar-refractivity contribution in [3.05, 3.63) is 35.2 Å². The summed E-state index contributed by atoms with van der Waals surface area (Å²) in [7, 11) is 0. The number of aromatic nitrogens is 3. The zero-order chi connectivity index (χ0) is 13.6. The minimum Gasteiger partial charge on any atom is -0.388 e. The van der Waals surface area contributed by atoms with Crippen LogP contribution in [-0.4, -0.2) is 19.9 Å². The van der Waals surface area contributed by atoms with Crippen molar-refractivity contribution in [1.82, 2.24) is 14.8 Å².